The zero-order valence-corrected chi connectivity index (χ0v) is 16.9. The highest BCUT2D eigenvalue weighted by Crippen LogP contribution is 2.32. The fourth-order valence-corrected chi connectivity index (χ4v) is 3.76. The predicted octanol–water partition coefficient (Wildman–Crippen LogP) is 5.07. The Morgan fingerprint density at radius 2 is 1.89 bits per heavy atom. The summed E-state index contributed by atoms with van der Waals surface area (Å²) in [6, 6.07) is 0. The van der Waals surface area contributed by atoms with Crippen LogP contribution in [0.5, 0.6) is 0 Å². The van der Waals surface area contributed by atoms with Crippen LogP contribution in [-0.2, 0) is 14.3 Å². The molecular formula is C22H36O5. The van der Waals surface area contributed by atoms with Crippen molar-refractivity contribution in [2.75, 3.05) is 13.7 Å². The van der Waals surface area contributed by atoms with Gasteiger partial charge < -0.3 is 14.9 Å². The number of ketones is 1. The molecule has 0 spiro atoms. The van der Waals surface area contributed by atoms with Crippen LogP contribution in [-0.4, -0.2) is 35.7 Å². The molecule has 0 aromatic rings. The van der Waals surface area contributed by atoms with Gasteiger partial charge in [-0.15, -0.1) is 0 Å². The number of carboxylic acids is 1. The number of allylic oxidation sites excluding steroid dienone is 3. The van der Waals surface area contributed by atoms with Crippen LogP contribution in [0.15, 0.2) is 24.0 Å². The molecule has 154 valence electrons. The molecule has 0 saturated carbocycles. The van der Waals surface area contributed by atoms with E-state index in [1.165, 1.54) is 25.3 Å². The maximum atomic E-state index is 12.1. The molecular weight excluding hydrogens is 344 g/mol. The van der Waals surface area contributed by atoms with Gasteiger partial charge in [0.25, 0.3) is 0 Å². The maximum Gasteiger partial charge on any atom is 0.370 e. The molecule has 5 nitrogen and oxygen atoms in total. The second-order valence-electron chi connectivity index (χ2n) is 7.74. The average molecular weight is 381 g/mol. The van der Waals surface area contributed by atoms with Gasteiger partial charge in [0.1, 0.15) is 0 Å². The standard InChI is InChI=1S/C22H36O5/c1-17(9-6-7-16-27-2)10-8-11-18-14-15-20(23)19(18)12-4-3-5-13-21(24)22(25)26/h13-15,17-19,24H,3-12,16H2,1-2H3,(H,25,26)/t17-,18+,19-/m1/s1. The number of hydrogen-bond donors (Lipinski definition) is 2. The lowest BCUT2D eigenvalue weighted by molar-refractivity contribution is -0.135. The molecule has 0 aromatic heterocycles. The summed E-state index contributed by atoms with van der Waals surface area (Å²) in [7, 11) is 1.74. The first kappa shape index (κ1) is 23.4. The molecule has 1 rings (SSSR count). The van der Waals surface area contributed by atoms with E-state index in [9.17, 15) is 9.59 Å². The zero-order chi connectivity index (χ0) is 20.1. The SMILES string of the molecule is COCCCC[C@@H](C)CCC[C@H]1C=CC(=O)[C@@H]1CCCCC=C(O)C(=O)O. The molecule has 3 atom stereocenters. The molecule has 0 bridgehead atoms. The van der Waals surface area contributed by atoms with E-state index < -0.39 is 11.7 Å². The molecule has 0 heterocycles. The third-order valence-electron chi connectivity index (χ3n) is 5.45. The van der Waals surface area contributed by atoms with Crippen LogP contribution in [0.25, 0.3) is 0 Å². The molecule has 27 heavy (non-hydrogen) atoms. The van der Waals surface area contributed by atoms with Crippen LogP contribution in [0.1, 0.15) is 71.1 Å². The quantitative estimate of drug-likeness (QED) is 0.235. The first-order valence-electron chi connectivity index (χ1n) is 10.3. The molecule has 0 unspecified atom stereocenters. The first-order chi connectivity index (χ1) is 13.0. The summed E-state index contributed by atoms with van der Waals surface area (Å²) in [5, 5.41) is 17.7. The van der Waals surface area contributed by atoms with Crippen molar-refractivity contribution >= 4 is 11.8 Å². The summed E-state index contributed by atoms with van der Waals surface area (Å²) < 4.78 is 5.08. The van der Waals surface area contributed by atoms with Crippen LogP contribution in [0.3, 0.4) is 0 Å². The van der Waals surface area contributed by atoms with Gasteiger partial charge >= 0.3 is 5.97 Å². The van der Waals surface area contributed by atoms with Crippen LogP contribution >= 0.6 is 0 Å². The summed E-state index contributed by atoms with van der Waals surface area (Å²) in [6.45, 7) is 3.15. The lowest BCUT2D eigenvalue weighted by Gasteiger charge is -2.19. The number of aliphatic hydroxyl groups is 1. The van der Waals surface area contributed by atoms with E-state index in [0.29, 0.717) is 12.3 Å². The van der Waals surface area contributed by atoms with Crippen LogP contribution in [0.4, 0.5) is 0 Å². The number of unbranched alkanes of at least 4 members (excludes halogenated alkanes) is 3. The third-order valence-corrected chi connectivity index (χ3v) is 5.45. The van der Waals surface area contributed by atoms with Crippen molar-refractivity contribution in [2.45, 2.75) is 71.1 Å². The lowest BCUT2D eigenvalue weighted by atomic mass is 9.85. The van der Waals surface area contributed by atoms with Gasteiger partial charge in [-0.05, 0) is 56.1 Å². The van der Waals surface area contributed by atoms with E-state index in [4.69, 9.17) is 14.9 Å². The summed E-state index contributed by atoms with van der Waals surface area (Å²) in [5.74, 6) is -0.507. The van der Waals surface area contributed by atoms with Crippen molar-refractivity contribution in [3.8, 4) is 0 Å². The highest BCUT2D eigenvalue weighted by atomic mass is 16.5. The van der Waals surface area contributed by atoms with Crippen LogP contribution in [0, 0.1) is 17.8 Å². The maximum absolute atomic E-state index is 12.1. The van der Waals surface area contributed by atoms with Crippen molar-refractivity contribution in [3.63, 3.8) is 0 Å². The largest absolute Gasteiger partial charge is 0.502 e. The molecule has 1 aliphatic rings. The average Bonchev–Trinajstić information content (AvgIpc) is 2.98. The Balaban J connectivity index is 2.22. The van der Waals surface area contributed by atoms with Crippen molar-refractivity contribution < 1.29 is 24.5 Å². The van der Waals surface area contributed by atoms with Gasteiger partial charge in [0.2, 0.25) is 0 Å². The number of methoxy groups -OCH3 is 1. The van der Waals surface area contributed by atoms with E-state index in [-0.39, 0.29) is 11.7 Å². The Morgan fingerprint density at radius 3 is 2.59 bits per heavy atom. The van der Waals surface area contributed by atoms with E-state index in [1.807, 2.05) is 0 Å². The predicted molar refractivity (Wildman–Crippen MR) is 107 cm³/mol. The van der Waals surface area contributed by atoms with Crippen LogP contribution < -0.4 is 0 Å². The number of rotatable bonds is 15. The van der Waals surface area contributed by atoms with Crippen molar-refractivity contribution in [3.05, 3.63) is 24.0 Å². The number of hydrogen-bond acceptors (Lipinski definition) is 4. The number of carbonyl (C=O) groups is 2. The number of carboxylic acid groups (broad SMARTS) is 1. The first-order valence-corrected chi connectivity index (χ1v) is 10.3. The number of aliphatic carboxylic acids is 1. The molecule has 0 amide bonds. The van der Waals surface area contributed by atoms with Crippen molar-refractivity contribution in [1.29, 1.82) is 0 Å². The van der Waals surface area contributed by atoms with E-state index in [0.717, 1.165) is 51.0 Å². The van der Waals surface area contributed by atoms with Gasteiger partial charge in [-0.3, -0.25) is 4.79 Å². The van der Waals surface area contributed by atoms with Gasteiger partial charge in [-0.1, -0.05) is 45.1 Å². The number of carbonyl (C=O) groups excluding carboxylic acids is 1. The van der Waals surface area contributed by atoms with Gasteiger partial charge in [0.05, 0.1) is 0 Å². The second-order valence-corrected chi connectivity index (χ2v) is 7.74. The Kier molecular flexibility index (Phi) is 11.7. The van der Waals surface area contributed by atoms with Gasteiger partial charge in [-0.2, -0.15) is 0 Å². The topological polar surface area (TPSA) is 83.8 Å². The summed E-state index contributed by atoms with van der Waals surface area (Å²) in [6.07, 6.45) is 15.2. The normalized spacial score (nSPS) is 21.0. The molecule has 0 radical (unpaired) electrons. The highest BCUT2D eigenvalue weighted by molar-refractivity contribution is 5.94. The van der Waals surface area contributed by atoms with Gasteiger partial charge in [-0.25, -0.2) is 4.79 Å². The minimum absolute atomic E-state index is 0.0825. The minimum Gasteiger partial charge on any atom is -0.502 e. The summed E-state index contributed by atoms with van der Waals surface area (Å²) >= 11 is 0. The fourth-order valence-electron chi connectivity index (χ4n) is 3.76. The smallest absolute Gasteiger partial charge is 0.370 e. The Labute approximate surface area is 163 Å². The zero-order valence-electron chi connectivity index (χ0n) is 16.9. The van der Waals surface area contributed by atoms with Crippen LogP contribution in [0.2, 0.25) is 0 Å². The Morgan fingerprint density at radius 1 is 1.15 bits per heavy atom. The van der Waals surface area contributed by atoms with Crippen molar-refractivity contribution in [1.82, 2.24) is 0 Å². The van der Waals surface area contributed by atoms with Crippen molar-refractivity contribution in [2.24, 2.45) is 17.8 Å². The third kappa shape index (κ3) is 9.76. The van der Waals surface area contributed by atoms with Gasteiger partial charge in [0, 0.05) is 19.6 Å². The van der Waals surface area contributed by atoms with E-state index in [2.05, 4.69) is 13.0 Å². The molecule has 0 aromatic carbocycles. The monoisotopic (exact) mass is 380 g/mol. The fraction of sp³-hybridized carbons (Fsp3) is 0.727. The Hall–Kier alpha value is -1.62. The second kappa shape index (κ2) is 13.5. The molecule has 2 N–H and O–H groups in total. The number of ether oxygens (including phenoxy) is 1. The lowest BCUT2D eigenvalue weighted by Crippen LogP contribution is -2.16. The molecule has 0 fully saturated rings. The van der Waals surface area contributed by atoms with Gasteiger partial charge in [0.15, 0.2) is 11.5 Å². The molecule has 0 aliphatic heterocycles. The van der Waals surface area contributed by atoms with E-state index >= 15 is 0 Å². The minimum atomic E-state index is -1.29. The van der Waals surface area contributed by atoms with E-state index in [1.54, 1.807) is 13.2 Å². The molecule has 5 heteroatoms. The molecule has 1 aliphatic carbocycles. The number of aliphatic hydroxyl groups excluding tert-OH is 1. The highest BCUT2D eigenvalue weighted by Gasteiger charge is 2.28. The molecule has 0 saturated heterocycles. The summed E-state index contributed by atoms with van der Waals surface area (Å²) in [4.78, 5) is 22.6. The summed E-state index contributed by atoms with van der Waals surface area (Å²) in [5.41, 5.74) is 0. The Bertz CT molecular complexity index is 509.